The molecule has 4 aromatic rings. The number of aliphatic hydroxyl groups excluding tert-OH is 2. The number of fused-ring (bicyclic) bond motifs is 2. The molecule has 1 fully saturated rings. The number of carbonyl (C=O) groups is 1. The molecule has 6 atom stereocenters. The SMILES string of the molecule is C=CCOC12Oc3ccc(OCCSc4ccccc4)cc3C3C(CCCCO)C(CCCCO)C=C(C(=NOCc4ccccc4)CC1N(C)C(=O)C=Cc1ccc([N+](=O)[O-])cc1)C32. The van der Waals surface area contributed by atoms with Crippen LogP contribution < -0.4 is 9.47 Å². The summed E-state index contributed by atoms with van der Waals surface area (Å²) >= 11 is 1.73. The molecule has 1 amide bonds. The topological polar surface area (TPSA) is 153 Å². The summed E-state index contributed by atoms with van der Waals surface area (Å²) in [5.41, 5.74) is 4.16. The van der Waals surface area contributed by atoms with Crippen molar-refractivity contribution in [3.8, 4) is 11.5 Å². The summed E-state index contributed by atoms with van der Waals surface area (Å²) in [6.45, 7) is 5.07. The Hall–Kier alpha value is -5.73. The fourth-order valence-corrected chi connectivity index (χ4v) is 10.3. The van der Waals surface area contributed by atoms with E-state index in [0.29, 0.717) is 36.5 Å². The summed E-state index contributed by atoms with van der Waals surface area (Å²) in [7, 11) is 1.74. The van der Waals surface area contributed by atoms with E-state index in [1.54, 1.807) is 48.0 Å². The van der Waals surface area contributed by atoms with Gasteiger partial charge in [0.25, 0.3) is 5.69 Å². The molecule has 2 N–H and O–H groups in total. The Morgan fingerprint density at radius 3 is 2.42 bits per heavy atom. The molecule has 342 valence electrons. The van der Waals surface area contributed by atoms with Gasteiger partial charge in [-0.2, -0.15) is 0 Å². The Bertz CT molecular complexity index is 2310. The summed E-state index contributed by atoms with van der Waals surface area (Å²) in [4.78, 5) is 34.3. The molecule has 0 aromatic heterocycles. The highest BCUT2D eigenvalue weighted by Crippen LogP contribution is 2.62. The molecular weight excluding hydrogens is 843 g/mol. The first-order chi connectivity index (χ1) is 31.8. The standard InChI is InChI=1S/C52H59N3O9S/c1-3-30-62-52-48(54(2)49(58)27-22-37-20-23-40(24-21-37)55(59)60)35-46(53-63-36-38-14-6-4-7-15-38)44-33-39(16-10-12-28-56)43(19-11-13-29-57)50(51(44)52)45-34-41(25-26-47(45)64-52)61-31-32-65-42-17-8-5-9-18-42/h3-9,14-15,17-18,20-27,33-34,39,43,48,50-51,56-57H,1,10-13,16,19,28-32,35-36H2,2H3. The van der Waals surface area contributed by atoms with Gasteiger partial charge in [-0.05, 0) is 103 Å². The zero-order valence-electron chi connectivity index (χ0n) is 36.9. The highest BCUT2D eigenvalue weighted by atomic mass is 32.2. The van der Waals surface area contributed by atoms with Crippen molar-refractivity contribution in [2.24, 2.45) is 22.9 Å². The molecule has 13 heteroatoms. The first-order valence-corrected chi connectivity index (χ1v) is 23.5. The zero-order valence-corrected chi connectivity index (χ0v) is 37.7. The maximum absolute atomic E-state index is 14.4. The number of nitrogens with zero attached hydrogens (tertiary/aromatic N) is 3. The second-order valence-corrected chi connectivity index (χ2v) is 17.8. The number of ether oxygens (including phenoxy) is 3. The van der Waals surface area contributed by atoms with Gasteiger partial charge in [-0.3, -0.25) is 14.9 Å². The molecule has 0 bridgehead atoms. The van der Waals surface area contributed by atoms with Gasteiger partial charge in [-0.1, -0.05) is 78.7 Å². The molecule has 1 heterocycles. The van der Waals surface area contributed by atoms with Crippen LogP contribution in [0, 0.1) is 27.9 Å². The van der Waals surface area contributed by atoms with Crippen molar-refractivity contribution in [3.63, 3.8) is 0 Å². The summed E-state index contributed by atoms with van der Waals surface area (Å²) in [6, 6.07) is 31.4. The van der Waals surface area contributed by atoms with Gasteiger partial charge < -0.3 is 34.2 Å². The molecule has 0 saturated heterocycles. The van der Waals surface area contributed by atoms with Crippen LogP contribution in [0.4, 0.5) is 5.69 Å². The van der Waals surface area contributed by atoms with Gasteiger partial charge in [0, 0.05) is 67.0 Å². The highest BCUT2D eigenvalue weighted by molar-refractivity contribution is 7.99. The molecule has 7 rings (SSSR count). The van der Waals surface area contributed by atoms with Crippen LogP contribution in [-0.4, -0.2) is 82.7 Å². The first-order valence-electron chi connectivity index (χ1n) is 22.5. The number of non-ortho nitro benzene ring substituents is 1. The lowest BCUT2D eigenvalue weighted by atomic mass is 9.55. The minimum atomic E-state index is -1.41. The van der Waals surface area contributed by atoms with Gasteiger partial charge in [0.05, 0.1) is 29.8 Å². The number of amides is 1. The van der Waals surface area contributed by atoms with E-state index in [-0.39, 0.29) is 62.2 Å². The number of nitro groups is 1. The lowest BCUT2D eigenvalue weighted by Gasteiger charge is -2.59. The molecule has 65 heavy (non-hydrogen) atoms. The summed E-state index contributed by atoms with van der Waals surface area (Å²) in [5, 5.41) is 36.1. The van der Waals surface area contributed by atoms with E-state index in [0.717, 1.165) is 53.9 Å². The average Bonchev–Trinajstić information content (AvgIpc) is 3.33. The molecule has 2 aliphatic carbocycles. The third-order valence-electron chi connectivity index (χ3n) is 12.6. The molecule has 1 saturated carbocycles. The maximum Gasteiger partial charge on any atom is 0.269 e. The Morgan fingerprint density at radius 2 is 1.71 bits per heavy atom. The normalized spacial score (nSPS) is 22.6. The highest BCUT2D eigenvalue weighted by Gasteiger charge is 2.65. The number of nitro benzene ring substituents is 1. The smallest absolute Gasteiger partial charge is 0.269 e. The van der Waals surface area contributed by atoms with Gasteiger partial charge in [-0.15, -0.1) is 18.3 Å². The van der Waals surface area contributed by atoms with Crippen LogP contribution in [-0.2, 0) is 21.0 Å². The van der Waals surface area contributed by atoms with Crippen LogP contribution in [0.2, 0.25) is 0 Å². The molecule has 3 aliphatic rings. The first kappa shape index (κ1) is 47.2. The van der Waals surface area contributed by atoms with Crippen LogP contribution in [0.1, 0.15) is 67.6 Å². The Labute approximate surface area is 385 Å². The van der Waals surface area contributed by atoms with Crippen molar-refractivity contribution in [1.29, 1.82) is 0 Å². The van der Waals surface area contributed by atoms with Crippen molar-refractivity contribution in [1.82, 2.24) is 4.90 Å². The number of hydrogen-bond acceptors (Lipinski definition) is 11. The summed E-state index contributed by atoms with van der Waals surface area (Å²) in [5.74, 6) is -0.171. The van der Waals surface area contributed by atoms with Gasteiger partial charge >= 0.3 is 0 Å². The van der Waals surface area contributed by atoms with E-state index >= 15 is 0 Å². The molecule has 12 nitrogen and oxygen atoms in total. The second-order valence-electron chi connectivity index (χ2n) is 16.7. The van der Waals surface area contributed by atoms with Crippen molar-refractivity contribution >= 4 is 35.1 Å². The number of oxime groups is 1. The van der Waals surface area contributed by atoms with Crippen molar-refractivity contribution in [3.05, 3.63) is 160 Å². The number of allylic oxidation sites excluding steroid dienone is 1. The van der Waals surface area contributed by atoms with Crippen LogP contribution in [0.3, 0.4) is 0 Å². The molecule has 0 spiro atoms. The van der Waals surface area contributed by atoms with E-state index in [1.807, 2.05) is 60.7 Å². The molecule has 6 unspecified atom stereocenters. The third-order valence-corrected chi connectivity index (χ3v) is 13.6. The predicted molar refractivity (Wildman–Crippen MR) is 254 cm³/mol. The number of hydrogen-bond donors (Lipinski definition) is 2. The molecule has 4 aromatic carbocycles. The number of likely N-dealkylation sites (N-methyl/N-ethyl adjacent to an activating group) is 1. The maximum atomic E-state index is 14.4. The van der Waals surface area contributed by atoms with Crippen LogP contribution in [0.25, 0.3) is 6.08 Å². The Morgan fingerprint density at radius 1 is 0.985 bits per heavy atom. The third kappa shape index (κ3) is 11.4. The Balaban J connectivity index is 1.33. The van der Waals surface area contributed by atoms with Gasteiger partial charge in [-0.25, -0.2) is 0 Å². The number of unbranched alkanes of at least 4 members (excludes halogenated alkanes) is 2. The van der Waals surface area contributed by atoms with E-state index in [9.17, 15) is 25.1 Å². The number of aliphatic hydroxyl groups is 2. The summed E-state index contributed by atoms with van der Waals surface area (Å²) in [6.07, 6.45) is 11.9. The quantitative estimate of drug-likeness (QED) is 0.0184. The summed E-state index contributed by atoms with van der Waals surface area (Å²) < 4.78 is 20.8. The van der Waals surface area contributed by atoms with E-state index in [2.05, 4.69) is 30.9 Å². The largest absolute Gasteiger partial charge is 0.493 e. The fourth-order valence-electron chi connectivity index (χ4n) is 9.56. The molecule has 1 aliphatic heterocycles. The predicted octanol–water partition coefficient (Wildman–Crippen LogP) is 9.77. The van der Waals surface area contributed by atoms with Crippen LogP contribution >= 0.6 is 11.8 Å². The van der Waals surface area contributed by atoms with Gasteiger partial charge in [0.2, 0.25) is 11.7 Å². The van der Waals surface area contributed by atoms with Crippen molar-refractivity contribution in [2.45, 2.75) is 74.2 Å². The van der Waals surface area contributed by atoms with E-state index in [1.165, 1.54) is 23.1 Å². The lowest BCUT2D eigenvalue weighted by Crippen LogP contribution is -2.69. The van der Waals surface area contributed by atoms with Gasteiger partial charge in [0.1, 0.15) is 24.1 Å². The van der Waals surface area contributed by atoms with Crippen molar-refractivity contribution < 1.29 is 39.0 Å². The van der Waals surface area contributed by atoms with E-state index in [4.69, 9.17) is 24.2 Å². The number of thioether (sulfide) groups is 1. The minimum Gasteiger partial charge on any atom is -0.493 e. The van der Waals surface area contributed by atoms with E-state index < -0.39 is 22.7 Å². The molecule has 0 radical (unpaired) electrons. The fraction of sp³-hybridized carbons (Fsp3) is 0.385. The number of benzene rings is 4. The minimum absolute atomic E-state index is 0.0397. The second kappa shape index (κ2) is 22.9. The van der Waals surface area contributed by atoms with Crippen LogP contribution in [0.15, 0.2) is 144 Å². The Kier molecular flexibility index (Phi) is 16.7. The number of rotatable bonds is 23. The monoisotopic (exact) mass is 901 g/mol. The van der Waals surface area contributed by atoms with Gasteiger partial charge in [0.15, 0.2) is 0 Å². The number of carbonyl (C=O) groups excluding carboxylic acids is 1. The zero-order chi connectivity index (χ0) is 45.6. The average molecular weight is 902 g/mol. The van der Waals surface area contributed by atoms with Crippen molar-refractivity contribution in [2.75, 3.05) is 39.2 Å². The van der Waals surface area contributed by atoms with Crippen LogP contribution in [0.5, 0.6) is 11.5 Å². The molecular formula is C52H59N3O9S. The lowest BCUT2D eigenvalue weighted by molar-refractivity contribution is -0.384.